The minimum Gasteiger partial charge on any atom is -0.351 e. The topological polar surface area (TPSA) is 3.24 Å². The molecule has 2 rings (SSSR count). The molecule has 0 aliphatic carbocycles. The van der Waals surface area contributed by atoms with Crippen LogP contribution in [-0.4, -0.2) is 7.05 Å². The Hall–Kier alpha value is -1.50. The number of hydrogen-bond acceptors (Lipinski definition) is 1. The maximum atomic E-state index is 2.16. The summed E-state index contributed by atoms with van der Waals surface area (Å²) in [4.78, 5) is 2.14. The second-order valence-electron chi connectivity index (χ2n) is 3.19. The molecule has 1 aromatic carbocycles. The first kappa shape index (κ1) is 8.11. The Morgan fingerprint density at radius 2 is 2.00 bits per heavy atom. The molecule has 1 heterocycles. The Balaban J connectivity index is 2.61. The lowest BCUT2D eigenvalue weighted by molar-refractivity contribution is 1.18. The molecular formula is C12H13N. The number of hydrogen-bond donors (Lipinski definition) is 0. The molecule has 0 radical (unpaired) electrons. The largest absolute Gasteiger partial charge is 0.351 e. The van der Waals surface area contributed by atoms with Gasteiger partial charge in [-0.3, -0.25) is 0 Å². The van der Waals surface area contributed by atoms with Crippen molar-refractivity contribution in [2.75, 3.05) is 11.9 Å². The predicted octanol–water partition coefficient (Wildman–Crippen LogP) is 3.05. The van der Waals surface area contributed by atoms with Crippen molar-refractivity contribution in [3.8, 4) is 0 Å². The van der Waals surface area contributed by atoms with E-state index in [1.807, 2.05) is 0 Å². The molecule has 0 atom stereocenters. The molecule has 1 aromatic rings. The summed E-state index contributed by atoms with van der Waals surface area (Å²) in [5.41, 5.74) is 3.89. The second kappa shape index (κ2) is 3.09. The predicted molar refractivity (Wildman–Crippen MR) is 57.6 cm³/mol. The smallest absolute Gasteiger partial charge is 0.0483 e. The molecule has 0 saturated carbocycles. The van der Waals surface area contributed by atoms with Gasteiger partial charge in [0.05, 0.1) is 0 Å². The maximum Gasteiger partial charge on any atom is 0.0483 e. The van der Waals surface area contributed by atoms with E-state index in [2.05, 4.69) is 61.5 Å². The quantitative estimate of drug-likeness (QED) is 0.580. The van der Waals surface area contributed by atoms with Gasteiger partial charge in [-0.25, -0.2) is 0 Å². The molecule has 1 aliphatic heterocycles. The van der Waals surface area contributed by atoms with Gasteiger partial charge in [0.15, 0.2) is 0 Å². The Kier molecular flexibility index (Phi) is 1.93. The molecule has 0 bridgehead atoms. The van der Waals surface area contributed by atoms with Crippen molar-refractivity contribution >= 4 is 11.3 Å². The van der Waals surface area contributed by atoms with Crippen LogP contribution in [0.15, 0.2) is 42.6 Å². The van der Waals surface area contributed by atoms with E-state index < -0.39 is 0 Å². The number of anilines is 1. The molecule has 66 valence electrons. The molecule has 0 fully saturated rings. The minimum absolute atomic E-state index is 1.28. The van der Waals surface area contributed by atoms with Crippen LogP contribution in [0, 0.1) is 0 Å². The van der Waals surface area contributed by atoms with Crippen LogP contribution < -0.4 is 4.90 Å². The normalized spacial score (nSPS) is 17.7. The van der Waals surface area contributed by atoms with Gasteiger partial charge in [0.2, 0.25) is 0 Å². The standard InChI is InChI=1S/C12H13N/c1-3-10-8-9-13(2)12-7-5-4-6-11(10)12/h3-9H,1-2H3. The van der Waals surface area contributed by atoms with Gasteiger partial charge < -0.3 is 4.90 Å². The minimum atomic E-state index is 1.28. The van der Waals surface area contributed by atoms with E-state index in [4.69, 9.17) is 0 Å². The summed E-state index contributed by atoms with van der Waals surface area (Å²) in [5.74, 6) is 0. The summed E-state index contributed by atoms with van der Waals surface area (Å²) >= 11 is 0. The van der Waals surface area contributed by atoms with Crippen LogP contribution in [0.4, 0.5) is 5.69 Å². The van der Waals surface area contributed by atoms with E-state index in [0.717, 1.165) is 0 Å². The summed E-state index contributed by atoms with van der Waals surface area (Å²) in [5, 5.41) is 0. The van der Waals surface area contributed by atoms with Crippen LogP contribution in [0.25, 0.3) is 5.57 Å². The lowest BCUT2D eigenvalue weighted by Crippen LogP contribution is -2.13. The highest BCUT2D eigenvalue weighted by molar-refractivity contribution is 5.85. The number of para-hydroxylation sites is 1. The molecule has 0 N–H and O–H groups in total. The van der Waals surface area contributed by atoms with E-state index in [1.54, 1.807) is 0 Å². The summed E-state index contributed by atoms with van der Waals surface area (Å²) in [6.07, 6.45) is 6.38. The van der Waals surface area contributed by atoms with Crippen molar-refractivity contribution in [1.29, 1.82) is 0 Å². The molecule has 1 heteroatoms. The third-order valence-electron chi connectivity index (χ3n) is 2.38. The first-order valence-corrected chi connectivity index (χ1v) is 4.49. The SMILES string of the molecule is CC=C1C=CN(C)c2ccccc21. The molecule has 1 aliphatic rings. The second-order valence-corrected chi connectivity index (χ2v) is 3.19. The molecule has 0 saturated heterocycles. The third kappa shape index (κ3) is 1.26. The fourth-order valence-corrected chi connectivity index (χ4v) is 1.64. The van der Waals surface area contributed by atoms with Crippen LogP contribution in [0.1, 0.15) is 12.5 Å². The van der Waals surface area contributed by atoms with Crippen molar-refractivity contribution in [1.82, 2.24) is 0 Å². The molecule has 13 heavy (non-hydrogen) atoms. The summed E-state index contributed by atoms with van der Waals surface area (Å²) < 4.78 is 0. The Morgan fingerprint density at radius 1 is 1.23 bits per heavy atom. The fourth-order valence-electron chi connectivity index (χ4n) is 1.64. The van der Waals surface area contributed by atoms with Gasteiger partial charge in [-0.1, -0.05) is 24.3 Å². The molecule has 0 spiro atoms. The highest BCUT2D eigenvalue weighted by atomic mass is 15.1. The van der Waals surface area contributed by atoms with Crippen LogP contribution >= 0.6 is 0 Å². The van der Waals surface area contributed by atoms with Crippen molar-refractivity contribution in [3.05, 3.63) is 48.2 Å². The van der Waals surface area contributed by atoms with E-state index in [0.29, 0.717) is 0 Å². The summed E-state index contributed by atoms with van der Waals surface area (Å²) in [7, 11) is 2.07. The van der Waals surface area contributed by atoms with Gasteiger partial charge >= 0.3 is 0 Å². The van der Waals surface area contributed by atoms with Crippen LogP contribution in [0.5, 0.6) is 0 Å². The maximum absolute atomic E-state index is 2.16. The first-order chi connectivity index (χ1) is 6.33. The molecule has 0 amide bonds. The monoisotopic (exact) mass is 171 g/mol. The number of fused-ring (bicyclic) bond motifs is 1. The zero-order valence-corrected chi connectivity index (χ0v) is 7.99. The van der Waals surface area contributed by atoms with Crippen LogP contribution in [0.2, 0.25) is 0 Å². The molecule has 1 nitrogen and oxygen atoms in total. The molecule has 0 unspecified atom stereocenters. The molecule has 0 aromatic heterocycles. The van der Waals surface area contributed by atoms with Crippen LogP contribution in [-0.2, 0) is 0 Å². The van der Waals surface area contributed by atoms with Crippen LogP contribution in [0.3, 0.4) is 0 Å². The van der Waals surface area contributed by atoms with E-state index in [-0.39, 0.29) is 0 Å². The van der Waals surface area contributed by atoms with Gasteiger partial charge in [0.1, 0.15) is 0 Å². The first-order valence-electron chi connectivity index (χ1n) is 4.49. The number of allylic oxidation sites excluding steroid dienone is 3. The zero-order chi connectivity index (χ0) is 9.26. The number of nitrogens with zero attached hydrogens (tertiary/aromatic N) is 1. The zero-order valence-electron chi connectivity index (χ0n) is 7.99. The number of rotatable bonds is 0. The fraction of sp³-hybridized carbons (Fsp3) is 0.167. The van der Waals surface area contributed by atoms with Crippen molar-refractivity contribution < 1.29 is 0 Å². The van der Waals surface area contributed by atoms with Gasteiger partial charge in [0.25, 0.3) is 0 Å². The number of benzene rings is 1. The Morgan fingerprint density at radius 3 is 2.77 bits per heavy atom. The average Bonchev–Trinajstić information content (AvgIpc) is 2.19. The van der Waals surface area contributed by atoms with Crippen molar-refractivity contribution in [2.24, 2.45) is 0 Å². The lowest BCUT2D eigenvalue weighted by Gasteiger charge is -2.23. The van der Waals surface area contributed by atoms with Gasteiger partial charge in [-0.05, 0) is 24.6 Å². The van der Waals surface area contributed by atoms with Gasteiger partial charge in [-0.2, -0.15) is 0 Å². The highest BCUT2D eigenvalue weighted by Gasteiger charge is 2.10. The van der Waals surface area contributed by atoms with Gasteiger partial charge in [0, 0.05) is 24.5 Å². The molecular weight excluding hydrogens is 158 g/mol. The van der Waals surface area contributed by atoms with E-state index >= 15 is 0 Å². The third-order valence-corrected chi connectivity index (χ3v) is 2.38. The summed E-state index contributed by atoms with van der Waals surface area (Å²) in [6.45, 7) is 2.07. The average molecular weight is 171 g/mol. The van der Waals surface area contributed by atoms with Gasteiger partial charge in [-0.15, -0.1) is 0 Å². The Labute approximate surface area is 79.0 Å². The van der Waals surface area contributed by atoms with Crippen molar-refractivity contribution in [3.63, 3.8) is 0 Å². The van der Waals surface area contributed by atoms with E-state index in [1.165, 1.54) is 16.8 Å². The lowest BCUT2D eigenvalue weighted by atomic mass is 10.0. The Bertz CT molecular complexity index is 374. The van der Waals surface area contributed by atoms with Crippen molar-refractivity contribution in [2.45, 2.75) is 6.92 Å². The highest BCUT2D eigenvalue weighted by Crippen LogP contribution is 2.31. The summed E-state index contributed by atoms with van der Waals surface area (Å²) in [6, 6.07) is 8.45. The van der Waals surface area contributed by atoms with E-state index in [9.17, 15) is 0 Å².